The van der Waals surface area contributed by atoms with Crippen LogP contribution in [0.2, 0.25) is 0 Å². The number of benzene rings is 2. The summed E-state index contributed by atoms with van der Waals surface area (Å²) in [4.78, 5) is 7.74. The molecule has 25 heavy (non-hydrogen) atoms. The van der Waals surface area contributed by atoms with Crippen molar-refractivity contribution >= 4 is 10.9 Å². The van der Waals surface area contributed by atoms with E-state index in [1.165, 1.54) is 0 Å². The number of nitrogens with zero attached hydrogens (tertiary/aromatic N) is 5. The average molecular weight is 339 g/mol. The van der Waals surface area contributed by atoms with E-state index < -0.39 is 12.2 Å². The lowest BCUT2D eigenvalue weighted by molar-refractivity contribution is 0.140. The highest BCUT2D eigenvalue weighted by Crippen LogP contribution is 2.30. The van der Waals surface area contributed by atoms with Gasteiger partial charge in [-0.15, -0.1) is 5.10 Å². The fourth-order valence-corrected chi connectivity index (χ4v) is 2.39. The second kappa shape index (κ2) is 6.23. The van der Waals surface area contributed by atoms with E-state index in [-0.39, 0.29) is 5.88 Å². The summed E-state index contributed by atoms with van der Waals surface area (Å²) in [7, 11) is 0. The normalized spacial score (nSPS) is 11.2. The van der Waals surface area contributed by atoms with E-state index in [0.29, 0.717) is 16.7 Å². The lowest BCUT2D eigenvalue weighted by Gasteiger charge is -2.10. The van der Waals surface area contributed by atoms with E-state index in [1.807, 2.05) is 6.07 Å². The van der Waals surface area contributed by atoms with Crippen LogP contribution >= 0.6 is 0 Å². The Balaban J connectivity index is 1.77. The van der Waals surface area contributed by atoms with Crippen LogP contribution in [-0.4, -0.2) is 25.0 Å². The van der Waals surface area contributed by atoms with Crippen molar-refractivity contribution in [3.8, 4) is 17.3 Å². The number of hydrogen-bond donors (Lipinski definition) is 0. The maximum atomic E-state index is 13.1. The van der Waals surface area contributed by atoms with Crippen molar-refractivity contribution < 1.29 is 13.5 Å². The van der Waals surface area contributed by atoms with Crippen molar-refractivity contribution in [1.82, 2.24) is 25.0 Å². The molecular formula is C17H11F2N5O. The number of rotatable bonds is 4. The molecule has 0 bridgehead atoms. The summed E-state index contributed by atoms with van der Waals surface area (Å²) in [6, 6.07) is 13.9. The molecule has 0 aliphatic carbocycles. The molecule has 0 amide bonds. The highest BCUT2D eigenvalue weighted by molar-refractivity contribution is 5.83. The number of aromatic nitrogens is 5. The highest BCUT2D eigenvalue weighted by Gasteiger charge is 2.16. The molecule has 124 valence electrons. The zero-order valence-corrected chi connectivity index (χ0v) is 12.8. The van der Waals surface area contributed by atoms with E-state index in [9.17, 15) is 8.78 Å². The highest BCUT2D eigenvalue weighted by atomic mass is 19.3. The summed E-state index contributed by atoms with van der Waals surface area (Å²) in [5.74, 6) is -0.0464. The van der Waals surface area contributed by atoms with Gasteiger partial charge in [0.1, 0.15) is 5.75 Å². The summed E-state index contributed by atoms with van der Waals surface area (Å²) in [6.07, 6.45) is 0.461. The molecule has 4 aromatic rings. The minimum atomic E-state index is -2.78. The molecule has 0 unspecified atom stereocenters. The SMILES string of the molecule is FC(F)c1nc(Oc2cccc(-n3ccnn3)c2)c2ccccc2n1. The van der Waals surface area contributed by atoms with Crippen LogP contribution < -0.4 is 4.74 Å². The van der Waals surface area contributed by atoms with Crippen LogP contribution in [0.25, 0.3) is 16.6 Å². The second-order valence-corrected chi connectivity index (χ2v) is 5.15. The molecule has 2 aromatic heterocycles. The third-order valence-electron chi connectivity index (χ3n) is 3.50. The van der Waals surface area contributed by atoms with Gasteiger partial charge >= 0.3 is 0 Å². The van der Waals surface area contributed by atoms with Gasteiger partial charge in [-0.2, -0.15) is 4.98 Å². The number of halogens is 2. The minimum absolute atomic E-state index is 0.0802. The third kappa shape index (κ3) is 3.01. The monoisotopic (exact) mass is 339 g/mol. The van der Waals surface area contributed by atoms with Gasteiger partial charge in [0.05, 0.1) is 29.0 Å². The molecule has 0 spiro atoms. The largest absolute Gasteiger partial charge is 0.438 e. The lowest BCUT2D eigenvalue weighted by Crippen LogP contribution is -2.00. The van der Waals surface area contributed by atoms with Crippen LogP contribution in [0.15, 0.2) is 60.9 Å². The predicted octanol–water partition coefficient (Wildman–Crippen LogP) is 3.94. The standard InChI is InChI=1S/C17H11F2N5O/c18-15(19)16-21-14-7-2-1-6-13(14)17(22-16)25-12-5-3-4-11(10-12)24-9-8-20-23-24/h1-10,15H. The lowest BCUT2D eigenvalue weighted by atomic mass is 10.2. The van der Waals surface area contributed by atoms with Crippen molar-refractivity contribution in [3.05, 3.63) is 66.7 Å². The minimum Gasteiger partial charge on any atom is -0.438 e. The van der Waals surface area contributed by atoms with Crippen molar-refractivity contribution in [1.29, 1.82) is 0 Å². The first-order valence-corrected chi connectivity index (χ1v) is 7.40. The van der Waals surface area contributed by atoms with E-state index >= 15 is 0 Å². The van der Waals surface area contributed by atoms with Crippen molar-refractivity contribution in [3.63, 3.8) is 0 Å². The molecule has 4 rings (SSSR count). The zero-order chi connectivity index (χ0) is 17.2. The molecular weight excluding hydrogens is 328 g/mol. The van der Waals surface area contributed by atoms with E-state index in [0.717, 1.165) is 5.69 Å². The molecule has 8 heteroatoms. The Bertz CT molecular complexity index is 1020. The molecule has 0 N–H and O–H groups in total. The van der Waals surface area contributed by atoms with E-state index in [2.05, 4.69) is 20.3 Å². The molecule has 2 aromatic carbocycles. The van der Waals surface area contributed by atoms with Crippen LogP contribution in [0.1, 0.15) is 12.2 Å². The summed E-state index contributed by atoms with van der Waals surface area (Å²) >= 11 is 0. The summed E-state index contributed by atoms with van der Waals surface area (Å²) in [6.45, 7) is 0. The average Bonchev–Trinajstić information content (AvgIpc) is 3.16. The fraction of sp³-hybridized carbons (Fsp3) is 0.0588. The maximum absolute atomic E-state index is 13.1. The number of para-hydroxylation sites is 1. The van der Waals surface area contributed by atoms with Crippen LogP contribution in [0.3, 0.4) is 0 Å². The van der Waals surface area contributed by atoms with Gasteiger partial charge in [0.2, 0.25) is 5.88 Å². The molecule has 0 fully saturated rings. The molecule has 0 aliphatic heterocycles. The molecule has 2 heterocycles. The Morgan fingerprint density at radius 1 is 1.00 bits per heavy atom. The summed E-state index contributed by atoms with van der Waals surface area (Å²) in [5, 5.41) is 8.21. The van der Waals surface area contributed by atoms with Crippen LogP contribution in [0, 0.1) is 0 Å². The summed E-state index contributed by atoms with van der Waals surface area (Å²) in [5.41, 5.74) is 1.12. The maximum Gasteiger partial charge on any atom is 0.297 e. The van der Waals surface area contributed by atoms with Crippen molar-refractivity contribution in [2.45, 2.75) is 6.43 Å². The first-order valence-electron chi connectivity index (χ1n) is 7.40. The van der Waals surface area contributed by atoms with Gasteiger partial charge in [-0.05, 0) is 24.3 Å². The van der Waals surface area contributed by atoms with Crippen molar-refractivity contribution in [2.24, 2.45) is 0 Å². The Kier molecular flexibility index (Phi) is 3.77. The smallest absolute Gasteiger partial charge is 0.297 e. The quantitative estimate of drug-likeness (QED) is 0.563. The van der Waals surface area contributed by atoms with Gasteiger partial charge in [0, 0.05) is 6.07 Å². The fourth-order valence-electron chi connectivity index (χ4n) is 2.39. The second-order valence-electron chi connectivity index (χ2n) is 5.15. The van der Waals surface area contributed by atoms with Gasteiger partial charge in [-0.1, -0.05) is 23.4 Å². The van der Waals surface area contributed by atoms with Crippen LogP contribution in [0.4, 0.5) is 8.78 Å². The Morgan fingerprint density at radius 3 is 2.68 bits per heavy atom. The van der Waals surface area contributed by atoms with Gasteiger partial charge in [-0.3, -0.25) is 0 Å². The number of fused-ring (bicyclic) bond motifs is 1. The Labute approximate surface area is 140 Å². The van der Waals surface area contributed by atoms with E-state index in [1.54, 1.807) is 59.5 Å². The molecule has 0 saturated carbocycles. The Morgan fingerprint density at radius 2 is 1.88 bits per heavy atom. The zero-order valence-electron chi connectivity index (χ0n) is 12.8. The Hall–Kier alpha value is -3.42. The number of hydrogen-bond acceptors (Lipinski definition) is 5. The van der Waals surface area contributed by atoms with Gasteiger partial charge in [0.25, 0.3) is 6.43 Å². The van der Waals surface area contributed by atoms with Crippen LogP contribution in [-0.2, 0) is 0 Å². The van der Waals surface area contributed by atoms with Gasteiger partial charge in [-0.25, -0.2) is 18.4 Å². The third-order valence-corrected chi connectivity index (χ3v) is 3.50. The van der Waals surface area contributed by atoms with Gasteiger partial charge in [0.15, 0.2) is 5.82 Å². The van der Waals surface area contributed by atoms with E-state index in [4.69, 9.17) is 4.74 Å². The number of ether oxygens (including phenoxy) is 1. The first kappa shape index (κ1) is 15.1. The molecule has 0 atom stereocenters. The molecule has 0 saturated heterocycles. The molecule has 0 radical (unpaired) electrons. The van der Waals surface area contributed by atoms with Crippen molar-refractivity contribution in [2.75, 3.05) is 0 Å². The first-order chi connectivity index (χ1) is 12.2. The number of alkyl halides is 2. The predicted molar refractivity (Wildman–Crippen MR) is 85.9 cm³/mol. The molecule has 6 nitrogen and oxygen atoms in total. The molecule has 0 aliphatic rings. The van der Waals surface area contributed by atoms with Crippen LogP contribution in [0.5, 0.6) is 11.6 Å². The summed E-state index contributed by atoms with van der Waals surface area (Å²) < 4.78 is 33.5. The van der Waals surface area contributed by atoms with Gasteiger partial charge < -0.3 is 4.74 Å². The topological polar surface area (TPSA) is 65.7 Å².